The normalized spacial score (nSPS) is 15.7. The molecule has 1 unspecified atom stereocenters. The first-order chi connectivity index (χ1) is 6.41. The number of carbonyl (C=O) groups excluding carboxylic acids is 1. The highest BCUT2D eigenvalue weighted by atomic mass is 19.4. The Morgan fingerprint density at radius 1 is 1.50 bits per heavy atom. The lowest BCUT2D eigenvalue weighted by Crippen LogP contribution is -2.26. The van der Waals surface area contributed by atoms with E-state index in [0.717, 1.165) is 0 Å². The van der Waals surface area contributed by atoms with E-state index in [1.54, 1.807) is 0 Å². The lowest BCUT2D eigenvalue weighted by Gasteiger charge is -2.21. The Kier molecular flexibility index (Phi) is 5.27. The van der Waals surface area contributed by atoms with Crippen molar-refractivity contribution in [3.05, 3.63) is 12.7 Å². The first-order valence-electron chi connectivity index (χ1n) is 4.18. The fourth-order valence-corrected chi connectivity index (χ4v) is 1.12. The Bertz CT molecular complexity index is 189. The molecule has 0 bridgehead atoms. The molecule has 0 aromatic rings. The third-order valence-electron chi connectivity index (χ3n) is 1.82. The third kappa shape index (κ3) is 4.89. The second-order valence-corrected chi connectivity index (χ2v) is 3.04. The van der Waals surface area contributed by atoms with Gasteiger partial charge in [-0.3, -0.25) is 4.79 Å². The van der Waals surface area contributed by atoms with E-state index in [0.29, 0.717) is 0 Å². The maximum atomic E-state index is 12.3. The lowest BCUT2D eigenvalue weighted by atomic mass is 9.98. The monoisotopic (exact) mass is 210 g/mol. The molecule has 0 amide bonds. The van der Waals surface area contributed by atoms with Crippen LogP contribution in [0.5, 0.6) is 0 Å². The second kappa shape index (κ2) is 5.67. The van der Waals surface area contributed by atoms with Crippen molar-refractivity contribution >= 4 is 6.47 Å². The van der Waals surface area contributed by atoms with E-state index in [9.17, 15) is 18.0 Å². The molecule has 14 heavy (non-hydrogen) atoms. The summed E-state index contributed by atoms with van der Waals surface area (Å²) in [5.41, 5.74) is 0. The zero-order valence-electron chi connectivity index (χ0n) is 7.88. The first-order valence-corrected chi connectivity index (χ1v) is 4.18. The van der Waals surface area contributed by atoms with Crippen LogP contribution in [-0.2, 0) is 9.53 Å². The second-order valence-electron chi connectivity index (χ2n) is 3.04. The molecule has 0 saturated carbocycles. The first kappa shape index (κ1) is 13.0. The molecule has 0 aliphatic carbocycles. The van der Waals surface area contributed by atoms with Crippen molar-refractivity contribution in [3.63, 3.8) is 0 Å². The minimum atomic E-state index is -4.27. The van der Waals surface area contributed by atoms with Gasteiger partial charge in [-0.05, 0) is 19.8 Å². The summed E-state index contributed by atoms with van der Waals surface area (Å²) in [6.07, 6.45) is -4.16. The summed E-state index contributed by atoms with van der Waals surface area (Å²) in [4.78, 5) is 9.88. The number of carbonyl (C=O) groups is 1. The Hall–Kier alpha value is -1.00. The van der Waals surface area contributed by atoms with Gasteiger partial charge in [-0.1, -0.05) is 6.08 Å². The number of ether oxygens (including phenoxy) is 1. The van der Waals surface area contributed by atoms with Crippen LogP contribution in [0.3, 0.4) is 0 Å². The summed E-state index contributed by atoms with van der Waals surface area (Å²) < 4.78 is 41.3. The van der Waals surface area contributed by atoms with Crippen LogP contribution >= 0.6 is 0 Å². The number of halogens is 3. The Labute approximate surface area is 80.7 Å². The number of hydrogen-bond acceptors (Lipinski definition) is 2. The van der Waals surface area contributed by atoms with Crippen molar-refractivity contribution in [2.45, 2.75) is 32.0 Å². The Morgan fingerprint density at radius 2 is 2.07 bits per heavy atom. The van der Waals surface area contributed by atoms with Crippen LogP contribution < -0.4 is 0 Å². The Balaban J connectivity index is 4.22. The zero-order valence-corrected chi connectivity index (χ0v) is 7.88. The van der Waals surface area contributed by atoms with Crippen LogP contribution in [0.2, 0.25) is 0 Å². The molecule has 0 saturated heterocycles. The molecule has 0 aliphatic rings. The molecule has 0 fully saturated rings. The van der Waals surface area contributed by atoms with Gasteiger partial charge in [0, 0.05) is 0 Å². The van der Waals surface area contributed by atoms with Crippen LogP contribution in [0, 0.1) is 5.92 Å². The molecule has 0 aromatic heterocycles. The van der Waals surface area contributed by atoms with Gasteiger partial charge >= 0.3 is 6.18 Å². The van der Waals surface area contributed by atoms with Gasteiger partial charge < -0.3 is 4.74 Å². The van der Waals surface area contributed by atoms with Crippen molar-refractivity contribution in [1.29, 1.82) is 0 Å². The average Bonchev–Trinajstić information content (AvgIpc) is 2.02. The highest BCUT2D eigenvalue weighted by Gasteiger charge is 2.39. The summed E-state index contributed by atoms with van der Waals surface area (Å²) >= 11 is 0. The van der Waals surface area contributed by atoms with E-state index in [4.69, 9.17) is 0 Å². The topological polar surface area (TPSA) is 26.3 Å². The van der Waals surface area contributed by atoms with Crippen LogP contribution in [0.4, 0.5) is 13.2 Å². The maximum absolute atomic E-state index is 12.3. The number of alkyl halides is 3. The van der Waals surface area contributed by atoms with Gasteiger partial charge in [0.25, 0.3) is 6.47 Å². The number of hydrogen-bond donors (Lipinski definition) is 0. The molecular formula is C9H13F3O2. The van der Waals surface area contributed by atoms with Crippen LogP contribution in [0.25, 0.3) is 0 Å². The van der Waals surface area contributed by atoms with Gasteiger partial charge in [0.1, 0.15) is 0 Å². The molecule has 2 nitrogen and oxygen atoms in total. The van der Waals surface area contributed by atoms with E-state index in [-0.39, 0.29) is 19.3 Å². The highest BCUT2D eigenvalue weighted by Crippen LogP contribution is 2.32. The van der Waals surface area contributed by atoms with E-state index >= 15 is 0 Å². The minimum absolute atomic E-state index is 0.157. The number of allylic oxidation sites excluding steroid dienone is 1. The van der Waals surface area contributed by atoms with Crippen molar-refractivity contribution < 1.29 is 22.7 Å². The predicted molar refractivity (Wildman–Crippen MR) is 45.6 cm³/mol. The van der Waals surface area contributed by atoms with Gasteiger partial charge in [0.05, 0.1) is 12.0 Å². The number of rotatable bonds is 6. The molecule has 0 rings (SSSR count). The molecule has 0 N–H and O–H groups in total. The summed E-state index contributed by atoms with van der Waals surface area (Å²) in [6, 6.07) is 0. The van der Waals surface area contributed by atoms with Crippen molar-refractivity contribution in [2.75, 3.05) is 0 Å². The van der Waals surface area contributed by atoms with Gasteiger partial charge in [-0.15, -0.1) is 6.58 Å². The van der Waals surface area contributed by atoms with Gasteiger partial charge in [0.15, 0.2) is 0 Å². The van der Waals surface area contributed by atoms with Crippen LogP contribution in [0.1, 0.15) is 19.8 Å². The average molecular weight is 210 g/mol. The predicted octanol–water partition coefficient (Wildman–Crippen LogP) is 2.69. The SMILES string of the molecule is C=CCC(C[C@@H](C)OC=O)C(F)(F)F. The van der Waals surface area contributed by atoms with Gasteiger partial charge in [-0.25, -0.2) is 0 Å². The lowest BCUT2D eigenvalue weighted by molar-refractivity contribution is -0.182. The van der Waals surface area contributed by atoms with Crippen molar-refractivity contribution in [1.82, 2.24) is 0 Å². The summed E-state index contributed by atoms with van der Waals surface area (Å²) in [6.45, 7) is 4.84. The molecule has 0 spiro atoms. The van der Waals surface area contributed by atoms with Crippen LogP contribution in [0.15, 0.2) is 12.7 Å². The highest BCUT2D eigenvalue weighted by molar-refractivity contribution is 5.37. The quantitative estimate of drug-likeness (QED) is 0.497. The molecule has 0 aliphatic heterocycles. The van der Waals surface area contributed by atoms with E-state index < -0.39 is 18.2 Å². The molecule has 5 heteroatoms. The fourth-order valence-electron chi connectivity index (χ4n) is 1.12. The summed E-state index contributed by atoms with van der Waals surface area (Å²) in [7, 11) is 0. The van der Waals surface area contributed by atoms with Crippen molar-refractivity contribution in [2.24, 2.45) is 5.92 Å². The summed E-state index contributed by atoms with van der Waals surface area (Å²) in [5.74, 6) is -1.49. The molecule has 0 aromatic carbocycles. The molecule has 0 radical (unpaired) electrons. The summed E-state index contributed by atoms with van der Waals surface area (Å²) in [5, 5.41) is 0. The molecular weight excluding hydrogens is 197 g/mol. The Morgan fingerprint density at radius 3 is 2.43 bits per heavy atom. The molecule has 0 heterocycles. The van der Waals surface area contributed by atoms with Gasteiger partial charge in [0.2, 0.25) is 0 Å². The fraction of sp³-hybridized carbons (Fsp3) is 0.667. The largest absolute Gasteiger partial charge is 0.465 e. The molecule has 2 atom stereocenters. The van der Waals surface area contributed by atoms with E-state index in [2.05, 4.69) is 11.3 Å². The third-order valence-corrected chi connectivity index (χ3v) is 1.82. The maximum Gasteiger partial charge on any atom is 0.392 e. The van der Waals surface area contributed by atoms with E-state index in [1.165, 1.54) is 13.0 Å². The van der Waals surface area contributed by atoms with Crippen LogP contribution in [-0.4, -0.2) is 18.8 Å². The molecule has 82 valence electrons. The zero-order chi connectivity index (χ0) is 11.2. The van der Waals surface area contributed by atoms with E-state index in [1.807, 2.05) is 0 Å². The smallest absolute Gasteiger partial charge is 0.392 e. The van der Waals surface area contributed by atoms with Crippen molar-refractivity contribution in [3.8, 4) is 0 Å². The minimum Gasteiger partial charge on any atom is -0.465 e. The standard InChI is InChI=1S/C9H13F3O2/c1-3-4-8(9(10,11)12)5-7(2)14-6-13/h3,6-8H,1,4-5H2,2H3/t7-,8?/m1/s1. The van der Waals surface area contributed by atoms with Gasteiger partial charge in [-0.2, -0.15) is 13.2 Å².